The second-order valence-electron chi connectivity index (χ2n) is 6.40. The van der Waals surface area contributed by atoms with Crippen LogP contribution in [0.1, 0.15) is 24.0 Å². The Balaban J connectivity index is 0.000000190. The molecule has 0 saturated carbocycles. The highest BCUT2D eigenvalue weighted by Gasteiger charge is 2.13. The van der Waals surface area contributed by atoms with E-state index in [2.05, 4.69) is 58.5 Å². The predicted molar refractivity (Wildman–Crippen MR) is 105 cm³/mol. The molecule has 0 aliphatic heterocycles. The fourth-order valence-corrected chi connectivity index (χ4v) is 3.65. The van der Waals surface area contributed by atoms with Crippen molar-refractivity contribution in [2.45, 2.75) is 25.7 Å². The molecule has 0 fully saturated rings. The minimum atomic E-state index is 0.322. The van der Waals surface area contributed by atoms with E-state index in [1.54, 1.807) is 29.6 Å². The topological polar surface area (TPSA) is 51.8 Å². The largest absolute Gasteiger partial charge is 0.368 e. The van der Waals surface area contributed by atoms with Gasteiger partial charge in [-0.3, -0.25) is 0 Å². The van der Waals surface area contributed by atoms with Crippen LogP contribution in [0, 0.1) is 0 Å². The molecule has 1 aliphatic rings. The van der Waals surface area contributed by atoms with Gasteiger partial charge in [0.05, 0.1) is 0 Å². The summed E-state index contributed by atoms with van der Waals surface area (Å²) in [4.78, 5) is 7.29. The van der Waals surface area contributed by atoms with E-state index < -0.39 is 0 Å². The van der Waals surface area contributed by atoms with Crippen LogP contribution in [0.4, 0.5) is 5.95 Å². The molecule has 3 nitrogen and oxygen atoms in total. The standard InChI is InChI=1S/C18H16.C4H5N3/c1-3-7-15-13(5-1)9-11-18-16-8-4-2-6-14(16)10-12-17(15)18;5-4-6-2-1-3-7-4/h1,3,5,7,9-12H,2,4,6,8H2;1-3H,(H2,5,6,7). The zero-order chi connectivity index (χ0) is 17.1. The van der Waals surface area contributed by atoms with E-state index in [9.17, 15) is 0 Å². The number of nitrogens with two attached hydrogens (primary N) is 1. The number of nitrogens with zero attached hydrogens (tertiary/aromatic N) is 2. The summed E-state index contributed by atoms with van der Waals surface area (Å²) in [5.41, 5.74) is 8.31. The summed E-state index contributed by atoms with van der Waals surface area (Å²) < 4.78 is 0. The maximum atomic E-state index is 5.14. The Morgan fingerprint density at radius 2 is 1.44 bits per heavy atom. The molecule has 4 aromatic rings. The summed E-state index contributed by atoms with van der Waals surface area (Å²) >= 11 is 0. The van der Waals surface area contributed by atoms with Crippen LogP contribution < -0.4 is 5.73 Å². The van der Waals surface area contributed by atoms with Gasteiger partial charge in [0.15, 0.2) is 0 Å². The van der Waals surface area contributed by atoms with Crippen LogP contribution in [-0.2, 0) is 12.8 Å². The zero-order valence-electron chi connectivity index (χ0n) is 14.2. The van der Waals surface area contributed by atoms with Gasteiger partial charge in [0, 0.05) is 12.4 Å². The fourth-order valence-electron chi connectivity index (χ4n) is 3.65. The molecule has 25 heavy (non-hydrogen) atoms. The van der Waals surface area contributed by atoms with Crippen LogP contribution in [-0.4, -0.2) is 9.97 Å². The molecule has 5 rings (SSSR count). The second kappa shape index (κ2) is 6.89. The molecular weight excluding hydrogens is 306 g/mol. The second-order valence-corrected chi connectivity index (χ2v) is 6.40. The molecule has 1 aliphatic carbocycles. The zero-order valence-corrected chi connectivity index (χ0v) is 14.2. The third kappa shape index (κ3) is 3.18. The van der Waals surface area contributed by atoms with Gasteiger partial charge in [-0.25, -0.2) is 9.97 Å². The van der Waals surface area contributed by atoms with E-state index in [1.165, 1.54) is 47.2 Å². The van der Waals surface area contributed by atoms with Crippen molar-refractivity contribution in [1.82, 2.24) is 9.97 Å². The number of hydrogen-bond donors (Lipinski definition) is 1. The van der Waals surface area contributed by atoms with Gasteiger partial charge < -0.3 is 5.73 Å². The first-order valence-electron chi connectivity index (χ1n) is 8.77. The molecular formula is C22H21N3. The number of anilines is 1. The molecule has 3 aromatic carbocycles. The number of rotatable bonds is 0. The van der Waals surface area contributed by atoms with Gasteiger partial charge in [-0.15, -0.1) is 0 Å². The number of aromatic nitrogens is 2. The first kappa shape index (κ1) is 15.6. The summed E-state index contributed by atoms with van der Waals surface area (Å²) in [7, 11) is 0. The van der Waals surface area contributed by atoms with Crippen molar-refractivity contribution >= 4 is 27.5 Å². The Labute approximate surface area is 147 Å². The van der Waals surface area contributed by atoms with Crippen LogP contribution in [0.2, 0.25) is 0 Å². The number of hydrogen-bond acceptors (Lipinski definition) is 3. The maximum Gasteiger partial charge on any atom is 0.219 e. The van der Waals surface area contributed by atoms with Crippen LogP contribution in [0.25, 0.3) is 21.5 Å². The van der Waals surface area contributed by atoms with Crippen LogP contribution >= 0.6 is 0 Å². The van der Waals surface area contributed by atoms with Gasteiger partial charge in [-0.1, -0.05) is 48.5 Å². The minimum Gasteiger partial charge on any atom is -0.368 e. The lowest BCUT2D eigenvalue weighted by molar-refractivity contribution is 0.690. The van der Waals surface area contributed by atoms with Crippen molar-refractivity contribution in [3.05, 3.63) is 78.1 Å². The quantitative estimate of drug-likeness (QED) is 0.466. The molecule has 1 heterocycles. The molecule has 0 bridgehead atoms. The highest BCUT2D eigenvalue weighted by molar-refractivity contribution is 6.08. The fraction of sp³-hybridized carbons (Fsp3) is 0.182. The van der Waals surface area contributed by atoms with Crippen molar-refractivity contribution in [2.75, 3.05) is 5.73 Å². The summed E-state index contributed by atoms with van der Waals surface area (Å²) in [5.74, 6) is 0.322. The predicted octanol–water partition coefficient (Wildman–Crippen LogP) is 4.93. The molecule has 0 amide bonds. The van der Waals surface area contributed by atoms with Crippen molar-refractivity contribution in [3.63, 3.8) is 0 Å². The van der Waals surface area contributed by atoms with Crippen molar-refractivity contribution in [3.8, 4) is 0 Å². The Kier molecular flexibility index (Phi) is 4.30. The summed E-state index contributed by atoms with van der Waals surface area (Å²) in [5, 5.41) is 5.64. The van der Waals surface area contributed by atoms with E-state index in [0.29, 0.717) is 5.95 Å². The average molecular weight is 327 g/mol. The normalized spacial score (nSPS) is 13.1. The molecule has 0 unspecified atom stereocenters. The molecule has 3 heteroatoms. The molecule has 0 saturated heterocycles. The summed E-state index contributed by atoms with van der Waals surface area (Å²) in [6.07, 6.45) is 8.42. The first-order chi connectivity index (χ1) is 12.3. The lowest BCUT2D eigenvalue weighted by Crippen LogP contribution is -2.02. The van der Waals surface area contributed by atoms with Gasteiger partial charge in [0.2, 0.25) is 5.95 Å². The van der Waals surface area contributed by atoms with E-state index >= 15 is 0 Å². The van der Waals surface area contributed by atoms with Gasteiger partial charge >= 0.3 is 0 Å². The van der Waals surface area contributed by atoms with E-state index in [4.69, 9.17) is 5.73 Å². The first-order valence-corrected chi connectivity index (χ1v) is 8.77. The van der Waals surface area contributed by atoms with Crippen molar-refractivity contribution in [1.29, 1.82) is 0 Å². The SMILES string of the molecule is Nc1ncccn1.c1ccc2c(c1)ccc1c3c(ccc12)CCCC3. The molecule has 124 valence electrons. The number of fused-ring (bicyclic) bond motifs is 5. The monoisotopic (exact) mass is 327 g/mol. The van der Waals surface area contributed by atoms with Gasteiger partial charge in [-0.2, -0.15) is 0 Å². The third-order valence-corrected chi connectivity index (χ3v) is 4.84. The maximum absolute atomic E-state index is 5.14. The molecule has 1 aromatic heterocycles. The Morgan fingerprint density at radius 3 is 2.24 bits per heavy atom. The number of benzene rings is 3. The highest BCUT2D eigenvalue weighted by Crippen LogP contribution is 2.33. The third-order valence-electron chi connectivity index (χ3n) is 4.84. The average Bonchev–Trinajstić information content (AvgIpc) is 2.68. The molecule has 0 spiro atoms. The summed E-state index contributed by atoms with van der Waals surface area (Å²) in [6.45, 7) is 0. The Morgan fingerprint density at radius 1 is 0.680 bits per heavy atom. The van der Waals surface area contributed by atoms with E-state index in [0.717, 1.165) is 0 Å². The van der Waals surface area contributed by atoms with Crippen LogP contribution in [0.5, 0.6) is 0 Å². The van der Waals surface area contributed by atoms with E-state index in [1.807, 2.05) is 0 Å². The lowest BCUT2D eigenvalue weighted by Gasteiger charge is -2.18. The smallest absolute Gasteiger partial charge is 0.219 e. The van der Waals surface area contributed by atoms with Crippen molar-refractivity contribution in [2.24, 2.45) is 0 Å². The van der Waals surface area contributed by atoms with Gasteiger partial charge in [0.1, 0.15) is 0 Å². The minimum absolute atomic E-state index is 0.322. The number of aryl methyl sites for hydroxylation is 2. The molecule has 0 radical (unpaired) electrons. The molecule has 2 N–H and O–H groups in total. The van der Waals surface area contributed by atoms with Crippen molar-refractivity contribution < 1.29 is 0 Å². The van der Waals surface area contributed by atoms with Gasteiger partial charge in [-0.05, 0) is 64.4 Å². The highest BCUT2D eigenvalue weighted by atomic mass is 15.0. The molecule has 0 atom stereocenters. The van der Waals surface area contributed by atoms with Crippen LogP contribution in [0.3, 0.4) is 0 Å². The Hall–Kier alpha value is -2.94. The summed E-state index contributed by atoms with van der Waals surface area (Å²) in [6, 6.07) is 19.7. The lowest BCUT2D eigenvalue weighted by atomic mass is 9.86. The number of nitrogen functional groups attached to an aromatic ring is 1. The van der Waals surface area contributed by atoms with E-state index in [-0.39, 0.29) is 0 Å². The Bertz CT molecular complexity index is 1010. The van der Waals surface area contributed by atoms with Crippen LogP contribution in [0.15, 0.2) is 67.0 Å². The van der Waals surface area contributed by atoms with Gasteiger partial charge in [0.25, 0.3) is 0 Å².